The summed E-state index contributed by atoms with van der Waals surface area (Å²) in [6, 6.07) is 12.5. The number of aliphatic hydroxyl groups excluding tert-OH is 1. The molecule has 0 saturated carbocycles. The van der Waals surface area contributed by atoms with Gasteiger partial charge in [0.1, 0.15) is 5.97 Å². The third-order valence-corrected chi connectivity index (χ3v) is 5.61. The van der Waals surface area contributed by atoms with Gasteiger partial charge in [-0.3, -0.25) is 9.59 Å². The highest BCUT2D eigenvalue weighted by atomic mass is 19.4. The molecule has 0 atom stereocenters. The molecule has 1 aliphatic heterocycles. The van der Waals surface area contributed by atoms with Crippen molar-refractivity contribution >= 4 is 23.3 Å². The Labute approximate surface area is 202 Å². The number of carbonyl (C=O) groups excluding carboxylic acids is 3. The molecular formula is C23H23F3N4O6. The molecule has 4 rings (SSSR count). The molecule has 1 fully saturated rings. The number of fused-ring (bicyclic) bond motifs is 1. The highest BCUT2D eigenvalue weighted by Gasteiger charge is 2.37. The van der Waals surface area contributed by atoms with Crippen molar-refractivity contribution in [2.75, 3.05) is 19.8 Å². The van der Waals surface area contributed by atoms with E-state index in [-0.39, 0.29) is 12.5 Å². The zero-order chi connectivity index (χ0) is 26.5. The number of halogens is 3. The van der Waals surface area contributed by atoms with Gasteiger partial charge >= 0.3 is 17.9 Å². The zero-order valence-corrected chi connectivity index (χ0v) is 18.8. The van der Waals surface area contributed by atoms with E-state index in [0.29, 0.717) is 43.1 Å². The van der Waals surface area contributed by atoms with Crippen molar-refractivity contribution in [3.05, 3.63) is 60.0 Å². The number of nitrogens with one attached hydrogen (secondary N) is 2. The number of H-pyrrole nitrogens is 1. The Balaban J connectivity index is 0.000000454. The van der Waals surface area contributed by atoms with Crippen LogP contribution in [0, 0.1) is 0 Å². The molecular weight excluding hydrogens is 485 g/mol. The number of carboxylic acid groups (broad SMARTS) is 1. The fourth-order valence-corrected chi connectivity index (χ4v) is 3.68. The van der Waals surface area contributed by atoms with Crippen LogP contribution in [0.1, 0.15) is 33.8 Å². The fourth-order valence-electron chi connectivity index (χ4n) is 3.68. The minimum atomic E-state index is -5.19. The number of carboxylic acids is 1. The number of ether oxygens (including phenoxy) is 1. The molecule has 0 unspecified atom stereocenters. The SMILES string of the molecule is NC(=O)c1cccc(-c2[nH]c(C(=O)NC3(CO)CCOCC3)[n+]3ccccc23)c1.O=C([O-])C(F)(F)F. The van der Waals surface area contributed by atoms with Crippen molar-refractivity contribution in [2.24, 2.45) is 5.73 Å². The molecule has 1 aromatic carbocycles. The van der Waals surface area contributed by atoms with E-state index in [0.717, 1.165) is 11.1 Å². The number of alkyl halides is 3. The summed E-state index contributed by atoms with van der Waals surface area (Å²) >= 11 is 0. The lowest BCUT2D eigenvalue weighted by molar-refractivity contribution is -0.514. The monoisotopic (exact) mass is 508 g/mol. The average Bonchev–Trinajstić information content (AvgIpc) is 3.24. The maximum Gasteiger partial charge on any atom is 0.430 e. The van der Waals surface area contributed by atoms with E-state index in [1.54, 1.807) is 28.8 Å². The van der Waals surface area contributed by atoms with Gasteiger partial charge in [-0.05, 0) is 37.1 Å². The van der Waals surface area contributed by atoms with Crippen LogP contribution in [0.2, 0.25) is 0 Å². The van der Waals surface area contributed by atoms with E-state index in [9.17, 15) is 27.9 Å². The van der Waals surface area contributed by atoms with Gasteiger partial charge in [0, 0.05) is 24.3 Å². The molecule has 1 aliphatic rings. The van der Waals surface area contributed by atoms with Crippen LogP contribution in [-0.2, 0) is 9.53 Å². The van der Waals surface area contributed by atoms with Gasteiger partial charge in [-0.15, -0.1) is 0 Å². The number of imidazole rings is 1. The maximum atomic E-state index is 13.1. The molecule has 192 valence electrons. The number of pyridine rings is 1. The van der Waals surface area contributed by atoms with Crippen LogP contribution in [0.25, 0.3) is 16.8 Å². The largest absolute Gasteiger partial charge is 0.542 e. The lowest BCUT2D eigenvalue weighted by atomic mass is 9.91. The molecule has 0 bridgehead atoms. The van der Waals surface area contributed by atoms with Crippen LogP contribution in [0.15, 0.2) is 48.7 Å². The van der Waals surface area contributed by atoms with Crippen LogP contribution >= 0.6 is 0 Å². The molecule has 5 N–H and O–H groups in total. The van der Waals surface area contributed by atoms with Crippen molar-refractivity contribution < 1.29 is 46.9 Å². The van der Waals surface area contributed by atoms with Gasteiger partial charge in [-0.25, -0.2) is 4.98 Å². The van der Waals surface area contributed by atoms with Gasteiger partial charge in [0.05, 0.1) is 18.3 Å². The number of benzene rings is 1. The van der Waals surface area contributed by atoms with E-state index in [2.05, 4.69) is 10.3 Å². The summed E-state index contributed by atoms with van der Waals surface area (Å²) in [7, 11) is 0. The molecule has 0 spiro atoms. The van der Waals surface area contributed by atoms with Gasteiger partial charge in [-0.2, -0.15) is 17.6 Å². The Morgan fingerprint density at radius 1 is 1.17 bits per heavy atom. The average molecular weight is 508 g/mol. The lowest BCUT2D eigenvalue weighted by Gasteiger charge is -2.35. The topological polar surface area (TPSA) is 162 Å². The molecule has 1 saturated heterocycles. The summed E-state index contributed by atoms with van der Waals surface area (Å²) in [5.74, 6) is -3.51. The van der Waals surface area contributed by atoms with Crippen LogP contribution in [-0.4, -0.2) is 59.4 Å². The number of hydrogen-bond donors (Lipinski definition) is 4. The Morgan fingerprint density at radius 2 is 1.83 bits per heavy atom. The third kappa shape index (κ3) is 5.98. The molecule has 0 aliphatic carbocycles. The Morgan fingerprint density at radius 3 is 2.42 bits per heavy atom. The molecule has 0 radical (unpaired) electrons. The Bertz CT molecular complexity index is 1270. The summed E-state index contributed by atoms with van der Waals surface area (Å²) in [5.41, 5.74) is 7.32. The van der Waals surface area contributed by atoms with Gasteiger partial charge < -0.3 is 30.8 Å². The van der Waals surface area contributed by atoms with Gasteiger partial charge in [0.25, 0.3) is 0 Å². The molecule has 3 heterocycles. The molecule has 2 amide bonds. The molecule has 36 heavy (non-hydrogen) atoms. The summed E-state index contributed by atoms with van der Waals surface area (Å²) in [6.07, 6.45) is -2.31. The summed E-state index contributed by atoms with van der Waals surface area (Å²) < 4.78 is 38.7. The van der Waals surface area contributed by atoms with Crippen LogP contribution in [0.3, 0.4) is 0 Å². The number of carbonyl (C=O) groups is 3. The standard InChI is InChI=1S/C21H22N4O4.C2HF3O2/c22-18(27)15-5-3-4-14(12-15)17-16-6-1-2-9-25(16)19(23-17)20(28)24-21(13-26)7-10-29-11-8-21;3-2(4,5)1(6)7/h1-6,9,12,26H,7-8,10-11,13H2,(H3,22,24,27,28);(H,6,7). The quantitative estimate of drug-likeness (QED) is 0.357. The Hall–Kier alpha value is -3.97. The number of aromatic nitrogens is 2. The minimum absolute atomic E-state index is 0.154. The maximum absolute atomic E-state index is 13.1. The van der Waals surface area contributed by atoms with Crippen LogP contribution in [0.4, 0.5) is 13.2 Å². The molecule has 2 aromatic heterocycles. The Kier molecular flexibility index (Phi) is 7.95. The van der Waals surface area contributed by atoms with E-state index in [1.807, 2.05) is 24.3 Å². The first kappa shape index (κ1) is 26.6. The van der Waals surface area contributed by atoms with Crippen molar-refractivity contribution in [3.8, 4) is 11.3 Å². The summed E-state index contributed by atoms with van der Waals surface area (Å²) in [4.78, 5) is 36.7. The normalized spacial score (nSPS) is 15.0. The molecule has 3 aromatic rings. The van der Waals surface area contributed by atoms with Gasteiger partial charge in [0.15, 0.2) is 11.2 Å². The number of aliphatic carboxylic acids is 1. The summed E-state index contributed by atoms with van der Waals surface area (Å²) in [5, 5.41) is 21.7. The highest BCUT2D eigenvalue weighted by molar-refractivity contribution is 5.95. The highest BCUT2D eigenvalue weighted by Crippen LogP contribution is 2.24. The predicted molar refractivity (Wildman–Crippen MR) is 116 cm³/mol. The predicted octanol–water partition coefficient (Wildman–Crippen LogP) is 0.0892. The number of rotatable bonds is 5. The van der Waals surface area contributed by atoms with Gasteiger partial charge in [0.2, 0.25) is 5.91 Å². The van der Waals surface area contributed by atoms with Crippen LogP contribution in [0.5, 0.6) is 0 Å². The lowest BCUT2D eigenvalue weighted by Crippen LogP contribution is -2.55. The van der Waals surface area contributed by atoms with Gasteiger partial charge in [-0.1, -0.05) is 18.2 Å². The number of aromatic amines is 1. The van der Waals surface area contributed by atoms with E-state index >= 15 is 0 Å². The number of amides is 2. The van der Waals surface area contributed by atoms with Crippen molar-refractivity contribution in [1.29, 1.82) is 0 Å². The second kappa shape index (κ2) is 10.7. The first-order chi connectivity index (χ1) is 17.0. The smallest absolute Gasteiger partial charge is 0.430 e. The second-order valence-corrected chi connectivity index (χ2v) is 8.04. The number of nitrogens with zero attached hydrogens (tertiary/aromatic N) is 1. The van der Waals surface area contributed by atoms with Crippen molar-refractivity contribution in [2.45, 2.75) is 24.6 Å². The fraction of sp³-hybridized carbons (Fsp3) is 0.304. The number of aliphatic hydroxyl groups is 1. The number of nitrogens with two attached hydrogens (primary N) is 1. The minimum Gasteiger partial charge on any atom is -0.542 e. The summed E-state index contributed by atoms with van der Waals surface area (Å²) in [6.45, 7) is 0.828. The molecule has 10 nitrogen and oxygen atoms in total. The van der Waals surface area contributed by atoms with Crippen molar-refractivity contribution in [3.63, 3.8) is 0 Å². The number of hydrogen-bond acceptors (Lipinski definition) is 6. The van der Waals surface area contributed by atoms with E-state index in [4.69, 9.17) is 20.4 Å². The second-order valence-electron chi connectivity index (χ2n) is 8.04. The van der Waals surface area contributed by atoms with Crippen LogP contribution < -0.4 is 20.6 Å². The zero-order valence-electron chi connectivity index (χ0n) is 18.8. The first-order valence-electron chi connectivity index (χ1n) is 10.7. The van der Waals surface area contributed by atoms with E-state index in [1.165, 1.54) is 0 Å². The third-order valence-electron chi connectivity index (χ3n) is 5.61. The van der Waals surface area contributed by atoms with Crippen molar-refractivity contribution in [1.82, 2.24) is 10.3 Å². The first-order valence-corrected chi connectivity index (χ1v) is 10.7. The molecule has 13 heteroatoms. The number of primary amides is 1. The van der Waals surface area contributed by atoms with E-state index < -0.39 is 23.6 Å².